The summed E-state index contributed by atoms with van der Waals surface area (Å²) in [6.07, 6.45) is 4.27. The van der Waals surface area contributed by atoms with E-state index in [0.29, 0.717) is 10.3 Å². The number of aryl methyl sites for hydroxylation is 3. The van der Waals surface area contributed by atoms with Crippen LogP contribution in [0.4, 0.5) is 5.13 Å². The first-order valence-corrected chi connectivity index (χ1v) is 10.8. The van der Waals surface area contributed by atoms with Crippen molar-refractivity contribution in [2.24, 2.45) is 0 Å². The van der Waals surface area contributed by atoms with Crippen molar-refractivity contribution < 1.29 is 4.79 Å². The van der Waals surface area contributed by atoms with Crippen LogP contribution in [-0.2, 0) is 17.6 Å². The average Bonchev–Trinajstić information content (AvgIpc) is 3.17. The molecule has 0 saturated carbocycles. The Morgan fingerprint density at radius 3 is 2.85 bits per heavy atom. The summed E-state index contributed by atoms with van der Waals surface area (Å²) in [5, 5.41) is 12.6. The first-order chi connectivity index (χ1) is 12.5. The number of hydrogen-bond acceptors (Lipinski definition) is 8. The fourth-order valence-electron chi connectivity index (χ4n) is 2.98. The van der Waals surface area contributed by atoms with Crippen LogP contribution in [0.15, 0.2) is 9.95 Å². The smallest absolute Gasteiger partial charge is 0.260 e. The minimum Gasteiger partial charge on any atom is -0.301 e. The van der Waals surface area contributed by atoms with Gasteiger partial charge in [-0.05, 0) is 45.1 Å². The molecule has 0 bridgehead atoms. The third-order valence-electron chi connectivity index (χ3n) is 4.22. The van der Waals surface area contributed by atoms with Crippen LogP contribution in [0.2, 0.25) is 0 Å². The first kappa shape index (κ1) is 17.6. The van der Waals surface area contributed by atoms with E-state index in [1.54, 1.807) is 18.3 Å². The standard InChI is InChI=1S/C16H17N5O2S3/c1-7(12(22)17-16-21-20-8(2)25-16)24-15-18-13(23)11-9-5-3-4-6-10(9)26-14(11)19-15/h7H,3-6H2,1-2H3,(H,17,21,22)(H,18,19,23)/t7-/m0/s1. The minimum atomic E-state index is -0.422. The molecule has 10 heteroatoms. The third kappa shape index (κ3) is 3.40. The van der Waals surface area contributed by atoms with Gasteiger partial charge in [-0.1, -0.05) is 23.1 Å². The van der Waals surface area contributed by atoms with Crippen LogP contribution in [0.1, 0.15) is 35.2 Å². The van der Waals surface area contributed by atoms with E-state index in [1.165, 1.54) is 40.0 Å². The molecule has 7 nitrogen and oxygen atoms in total. The van der Waals surface area contributed by atoms with Gasteiger partial charge in [0.1, 0.15) is 9.84 Å². The lowest BCUT2D eigenvalue weighted by molar-refractivity contribution is -0.115. The van der Waals surface area contributed by atoms with E-state index in [0.717, 1.165) is 34.5 Å². The number of carbonyl (C=O) groups is 1. The summed E-state index contributed by atoms with van der Waals surface area (Å²) in [5.41, 5.74) is 1.06. The maximum absolute atomic E-state index is 12.6. The summed E-state index contributed by atoms with van der Waals surface area (Å²) in [7, 11) is 0. The summed E-state index contributed by atoms with van der Waals surface area (Å²) in [6, 6.07) is 0. The molecular formula is C16H17N5O2S3. The molecular weight excluding hydrogens is 390 g/mol. The van der Waals surface area contributed by atoms with E-state index in [1.807, 2.05) is 6.92 Å². The van der Waals surface area contributed by atoms with Gasteiger partial charge < -0.3 is 4.98 Å². The zero-order chi connectivity index (χ0) is 18.3. The average molecular weight is 408 g/mol. The van der Waals surface area contributed by atoms with Crippen LogP contribution >= 0.6 is 34.4 Å². The molecule has 0 saturated heterocycles. The molecule has 0 aromatic carbocycles. The van der Waals surface area contributed by atoms with Crippen LogP contribution in [0.25, 0.3) is 10.2 Å². The van der Waals surface area contributed by atoms with Gasteiger partial charge >= 0.3 is 0 Å². The third-order valence-corrected chi connectivity index (χ3v) is 7.14. The normalized spacial score (nSPS) is 15.0. The highest BCUT2D eigenvalue weighted by atomic mass is 32.2. The minimum absolute atomic E-state index is 0.107. The molecule has 3 heterocycles. The number of rotatable bonds is 4. The molecule has 1 aliphatic carbocycles. The van der Waals surface area contributed by atoms with Gasteiger partial charge in [0, 0.05) is 4.88 Å². The Kier molecular flexibility index (Phi) is 4.80. The highest BCUT2D eigenvalue weighted by Crippen LogP contribution is 2.34. The van der Waals surface area contributed by atoms with Gasteiger partial charge in [0.25, 0.3) is 5.56 Å². The Morgan fingerprint density at radius 1 is 1.27 bits per heavy atom. The van der Waals surface area contributed by atoms with Gasteiger partial charge in [0.2, 0.25) is 11.0 Å². The maximum atomic E-state index is 12.6. The summed E-state index contributed by atoms with van der Waals surface area (Å²) < 4.78 is 0. The fraction of sp³-hybridized carbons (Fsp3) is 0.438. The number of thiophene rings is 1. The van der Waals surface area contributed by atoms with Crippen molar-refractivity contribution in [1.29, 1.82) is 0 Å². The SMILES string of the molecule is Cc1nnc(NC(=O)[C@H](C)Sc2nc3sc4c(c3c(=O)[nH]2)CCCC4)s1. The van der Waals surface area contributed by atoms with Gasteiger partial charge in [-0.3, -0.25) is 14.9 Å². The highest BCUT2D eigenvalue weighted by molar-refractivity contribution is 8.00. The number of hydrogen-bond donors (Lipinski definition) is 2. The lowest BCUT2D eigenvalue weighted by Crippen LogP contribution is -2.23. The summed E-state index contributed by atoms with van der Waals surface area (Å²) in [4.78, 5) is 34.4. The number of nitrogens with zero attached hydrogens (tertiary/aromatic N) is 3. The number of nitrogens with one attached hydrogen (secondary N) is 2. The number of fused-ring (bicyclic) bond motifs is 3. The second-order valence-electron chi connectivity index (χ2n) is 6.14. The van der Waals surface area contributed by atoms with Crippen LogP contribution in [-0.4, -0.2) is 31.3 Å². The molecule has 0 fully saturated rings. The molecule has 3 aromatic rings. The van der Waals surface area contributed by atoms with E-state index < -0.39 is 5.25 Å². The molecule has 0 aliphatic heterocycles. The number of carbonyl (C=O) groups excluding carboxylic acids is 1. The fourth-order valence-corrected chi connectivity index (χ4v) is 5.69. The van der Waals surface area contributed by atoms with Crippen molar-refractivity contribution in [3.8, 4) is 0 Å². The first-order valence-electron chi connectivity index (χ1n) is 8.33. The Labute approximate surface area is 161 Å². The van der Waals surface area contributed by atoms with Gasteiger partial charge in [0.15, 0.2) is 5.16 Å². The van der Waals surface area contributed by atoms with Crippen LogP contribution < -0.4 is 10.9 Å². The number of anilines is 1. The molecule has 3 aromatic heterocycles. The van der Waals surface area contributed by atoms with Crippen molar-refractivity contribution in [2.45, 2.75) is 49.9 Å². The molecule has 136 valence electrons. The van der Waals surface area contributed by atoms with Gasteiger partial charge in [0.05, 0.1) is 10.6 Å². The Hall–Kier alpha value is -1.78. The molecule has 0 spiro atoms. The number of aromatic amines is 1. The monoisotopic (exact) mass is 407 g/mol. The molecule has 1 atom stereocenters. The lowest BCUT2D eigenvalue weighted by atomic mass is 9.97. The number of thioether (sulfide) groups is 1. The topological polar surface area (TPSA) is 101 Å². The van der Waals surface area contributed by atoms with Gasteiger partial charge in [-0.15, -0.1) is 21.5 Å². The molecule has 0 radical (unpaired) electrons. The van der Waals surface area contributed by atoms with E-state index >= 15 is 0 Å². The molecule has 4 rings (SSSR count). The summed E-state index contributed by atoms with van der Waals surface area (Å²) in [5.74, 6) is -0.195. The second kappa shape index (κ2) is 7.09. The van der Waals surface area contributed by atoms with E-state index in [2.05, 4.69) is 25.5 Å². The van der Waals surface area contributed by atoms with Crippen molar-refractivity contribution in [1.82, 2.24) is 20.2 Å². The molecule has 1 aliphatic rings. The summed E-state index contributed by atoms with van der Waals surface area (Å²) >= 11 is 4.17. The van der Waals surface area contributed by atoms with Crippen LogP contribution in [0.3, 0.4) is 0 Å². The number of H-pyrrole nitrogens is 1. The molecule has 0 unspecified atom stereocenters. The van der Waals surface area contributed by atoms with Crippen molar-refractivity contribution >= 4 is 55.7 Å². The largest absolute Gasteiger partial charge is 0.301 e. The van der Waals surface area contributed by atoms with Crippen molar-refractivity contribution in [3.63, 3.8) is 0 Å². The predicted molar refractivity (Wildman–Crippen MR) is 105 cm³/mol. The van der Waals surface area contributed by atoms with Gasteiger partial charge in [-0.2, -0.15) is 0 Å². The molecule has 2 N–H and O–H groups in total. The highest BCUT2D eigenvalue weighted by Gasteiger charge is 2.22. The molecule has 1 amide bonds. The predicted octanol–water partition coefficient (Wildman–Crippen LogP) is 3.14. The maximum Gasteiger partial charge on any atom is 0.260 e. The summed E-state index contributed by atoms with van der Waals surface area (Å²) in [6.45, 7) is 3.60. The molecule has 26 heavy (non-hydrogen) atoms. The van der Waals surface area contributed by atoms with E-state index in [4.69, 9.17) is 0 Å². The van der Waals surface area contributed by atoms with E-state index in [9.17, 15) is 9.59 Å². The Balaban J connectivity index is 1.55. The van der Waals surface area contributed by atoms with E-state index in [-0.39, 0.29) is 11.5 Å². The Bertz CT molecular complexity index is 1040. The van der Waals surface area contributed by atoms with Crippen LogP contribution in [0, 0.1) is 6.92 Å². The van der Waals surface area contributed by atoms with Crippen molar-refractivity contribution in [3.05, 3.63) is 25.8 Å². The lowest BCUT2D eigenvalue weighted by Gasteiger charge is -2.10. The number of amides is 1. The second-order valence-corrected chi connectivity index (χ2v) is 9.73. The van der Waals surface area contributed by atoms with Crippen LogP contribution in [0.5, 0.6) is 0 Å². The zero-order valence-electron chi connectivity index (χ0n) is 14.3. The zero-order valence-corrected chi connectivity index (χ0v) is 16.7. The van der Waals surface area contributed by atoms with Gasteiger partial charge in [-0.25, -0.2) is 4.98 Å². The number of aromatic nitrogens is 4. The Morgan fingerprint density at radius 2 is 2.08 bits per heavy atom. The quantitative estimate of drug-likeness (QED) is 0.509. The van der Waals surface area contributed by atoms with Crippen molar-refractivity contribution in [2.75, 3.05) is 5.32 Å².